The molecule has 1 aromatic heterocycles. The van der Waals surface area contributed by atoms with E-state index < -0.39 is 6.10 Å². The van der Waals surface area contributed by atoms with Gasteiger partial charge >= 0.3 is 0 Å². The van der Waals surface area contributed by atoms with Crippen LogP contribution in [0.5, 0.6) is 5.75 Å². The molecule has 110 valence electrons. The van der Waals surface area contributed by atoms with Crippen LogP contribution >= 0.6 is 0 Å². The summed E-state index contributed by atoms with van der Waals surface area (Å²) in [5.74, 6) is 1.10. The lowest BCUT2D eigenvalue weighted by Crippen LogP contribution is -2.13. The van der Waals surface area contributed by atoms with Crippen LogP contribution in [-0.4, -0.2) is 17.2 Å². The monoisotopic (exact) mass is 283 g/mol. The van der Waals surface area contributed by atoms with Crippen LogP contribution in [0.25, 0.3) is 0 Å². The standard InChI is InChI=1S/C18H21NO2/c1-11-10-19-16(12(2)18(11)21-3)9-14-8-13-6-4-5-7-15(13)17(14)20/h4-7,10,14,17,20H,8-9H2,1-3H3. The van der Waals surface area contributed by atoms with E-state index in [4.69, 9.17) is 4.74 Å². The number of rotatable bonds is 3. The lowest BCUT2D eigenvalue weighted by Gasteiger charge is -2.18. The summed E-state index contributed by atoms with van der Waals surface area (Å²) in [5.41, 5.74) is 5.48. The van der Waals surface area contributed by atoms with Crippen LogP contribution in [0.1, 0.15) is 34.1 Å². The maximum Gasteiger partial charge on any atom is 0.128 e. The van der Waals surface area contributed by atoms with Crippen molar-refractivity contribution in [3.63, 3.8) is 0 Å². The molecule has 0 spiro atoms. The molecule has 0 bridgehead atoms. The second-order valence-electron chi connectivity index (χ2n) is 5.86. The maximum absolute atomic E-state index is 10.5. The molecular weight excluding hydrogens is 262 g/mol. The minimum Gasteiger partial charge on any atom is -0.496 e. The zero-order chi connectivity index (χ0) is 15.0. The molecule has 1 aliphatic rings. The summed E-state index contributed by atoms with van der Waals surface area (Å²) in [4.78, 5) is 4.56. The third-order valence-electron chi connectivity index (χ3n) is 4.51. The van der Waals surface area contributed by atoms with E-state index >= 15 is 0 Å². The summed E-state index contributed by atoms with van der Waals surface area (Å²) in [6, 6.07) is 8.15. The normalized spacial score (nSPS) is 20.4. The number of fused-ring (bicyclic) bond motifs is 1. The minimum atomic E-state index is -0.394. The first kappa shape index (κ1) is 14.1. The lowest BCUT2D eigenvalue weighted by molar-refractivity contribution is 0.122. The average molecular weight is 283 g/mol. The topological polar surface area (TPSA) is 42.4 Å². The van der Waals surface area contributed by atoms with Gasteiger partial charge in [-0.1, -0.05) is 24.3 Å². The Kier molecular flexibility index (Phi) is 3.68. The molecule has 1 aromatic carbocycles. The summed E-state index contributed by atoms with van der Waals surface area (Å²) >= 11 is 0. The van der Waals surface area contributed by atoms with Crippen molar-refractivity contribution in [2.75, 3.05) is 7.11 Å². The van der Waals surface area contributed by atoms with Crippen molar-refractivity contribution < 1.29 is 9.84 Å². The van der Waals surface area contributed by atoms with Gasteiger partial charge in [0.25, 0.3) is 0 Å². The molecule has 21 heavy (non-hydrogen) atoms. The molecule has 1 aliphatic carbocycles. The first-order chi connectivity index (χ1) is 10.1. The van der Waals surface area contributed by atoms with E-state index in [2.05, 4.69) is 11.1 Å². The summed E-state index contributed by atoms with van der Waals surface area (Å²) in [6.07, 6.45) is 3.15. The zero-order valence-electron chi connectivity index (χ0n) is 12.8. The van der Waals surface area contributed by atoms with E-state index in [1.165, 1.54) is 5.56 Å². The molecule has 2 atom stereocenters. The largest absolute Gasteiger partial charge is 0.496 e. The highest BCUT2D eigenvalue weighted by Crippen LogP contribution is 2.38. The molecule has 3 rings (SSSR count). The Balaban J connectivity index is 1.86. The van der Waals surface area contributed by atoms with Gasteiger partial charge in [0, 0.05) is 23.0 Å². The van der Waals surface area contributed by atoms with Crippen molar-refractivity contribution >= 4 is 0 Å². The van der Waals surface area contributed by atoms with Gasteiger partial charge in [0.15, 0.2) is 0 Å². The number of aryl methyl sites for hydroxylation is 1. The van der Waals surface area contributed by atoms with E-state index in [9.17, 15) is 5.11 Å². The number of ether oxygens (including phenoxy) is 1. The van der Waals surface area contributed by atoms with Crippen molar-refractivity contribution in [1.82, 2.24) is 4.98 Å². The van der Waals surface area contributed by atoms with E-state index in [1.54, 1.807) is 7.11 Å². The predicted molar refractivity (Wildman–Crippen MR) is 82.6 cm³/mol. The van der Waals surface area contributed by atoms with Crippen LogP contribution in [0.3, 0.4) is 0 Å². The highest BCUT2D eigenvalue weighted by atomic mass is 16.5. The Morgan fingerprint density at radius 1 is 1.29 bits per heavy atom. The van der Waals surface area contributed by atoms with Crippen LogP contribution in [0.4, 0.5) is 0 Å². The Morgan fingerprint density at radius 2 is 2.05 bits per heavy atom. The molecule has 2 unspecified atom stereocenters. The van der Waals surface area contributed by atoms with Gasteiger partial charge in [0.05, 0.1) is 13.2 Å². The second kappa shape index (κ2) is 5.49. The predicted octanol–water partition coefficient (Wildman–Crippen LogP) is 3.16. The Morgan fingerprint density at radius 3 is 2.76 bits per heavy atom. The summed E-state index contributed by atoms with van der Waals surface area (Å²) in [5, 5.41) is 10.5. The molecular formula is C18H21NO2. The number of pyridine rings is 1. The van der Waals surface area contributed by atoms with Gasteiger partial charge in [-0.2, -0.15) is 0 Å². The van der Waals surface area contributed by atoms with Gasteiger partial charge in [-0.15, -0.1) is 0 Å². The smallest absolute Gasteiger partial charge is 0.128 e. The molecule has 3 heteroatoms. The number of aromatic nitrogens is 1. The molecule has 0 fully saturated rings. The fourth-order valence-corrected chi connectivity index (χ4v) is 3.37. The third-order valence-corrected chi connectivity index (χ3v) is 4.51. The summed E-state index contributed by atoms with van der Waals surface area (Å²) in [6.45, 7) is 4.05. The van der Waals surface area contributed by atoms with Gasteiger partial charge in [-0.3, -0.25) is 4.98 Å². The zero-order valence-corrected chi connectivity index (χ0v) is 12.8. The van der Waals surface area contributed by atoms with Gasteiger partial charge in [0.2, 0.25) is 0 Å². The molecule has 2 aromatic rings. The average Bonchev–Trinajstić information content (AvgIpc) is 2.80. The van der Waals surface area contributed by atoms with E-state index in [-0.39, 0.29) is 5.92 Å². The summed E-state index contributed by atoms with van der Waals surface area (Å²) < 4.78 is 5.47. The molecule has 0 amide bonds. The van der Waals surface area contributed by atoms with Crippen molar-refractivity contribution in [2.24, 2.45) is 5.92 Å². The van der Waals surface area contributed by atoms with Gasteiger partial charge in [-0.05, 0) is 43.7 Å². The van der Waals surface area contributed by atoms with E-state index in [0.29, 0.717) is 0 Å². The third kappa shape index (κ3) is 2.42. The van der Waals surface area contributed by atoms with Gasteiger partial charge < -0.3 is 9.84 Å². The fourth-order valence-electron chi connectivity index (χ4n) is 3.37. The number of aliphatic hydroxyl groups is 1. The first-order valence-electron chi connectivity index (χ1n) is 7.36. The van der Waals surface area contributed by atoms with Crippen LogP contribution in [-0.2, 0) is 12.8 Å². The van der Waals surface area contributed by atoms with Crippen LogP contribution in [0, 0.1) is 19.8 Å². The molecule has 3 nitrogen and oxygen atoms in total. The number of aliphatic hydroxyl groups excluding tert-OH is 1. The number of methoxy groups -OCH3 is 1. The SMILES string of the molecule is COc1c(C)cnc(CC2Cc3ccccc3C2O)c1C. The maximum atomic E-state index is 10.5. The Bertz CT molecular complexity index is 666. The molecule has 0 radical (unpaired) electrons. The van der Waals surface area contributed by atoms with Crippen LogP contribution < -0.4 is 4.74 Å². The number of benzene rings is 1. The van der Waals surface area contributed by atoms with Crippen molar-refractivity contribution in [1.29, 1.82) is 0 Å². The van der Waals surface area contributed by atoms with Crippen LogP contribution in [0.15, 0.2) is 30.5 Å². The molecule has 1 N–H and O–H groups in total. The molecule has 0 aliphatic heterocycles. The summed E-state index contributed by atoms with van der Waals surface area (Å²) in [7, 11) is 1.69. The van der Waals surface area contributed by atoms with Gasteiger partial charge in [-0.25, -0.2) is 0 Å². The van der Waals surface area contributed by atoms with Gasteiger partial charge in [0.1, 0.15) is 5.75 Å². The minimum absolute atomic E-state index is 0.195. The van der Waals surface area contributed by atoms with Crippen molar-refractivity contribution in [2.45, 2.75) is 32.8 Å². The highest BCUT2D eigenvalue weighted by Gasteiger charge is 2.31. The number of nitrogens with zero attached hydrogens (tertiary/aromatic N) is 1. The molecule has 1 heterocycles. The van der Waals surface area contributed by atoms with Crippen LogP contribution in [0.2, 0.25) is 0 Å². The highest BCUT2D eigenvalue weighted by molar-refractivity contribution is 5.42. The molecule has 0 saturated carbocycles. The second-order valence-corrected chi connectivity index (χ2v) is 5.86. The van der Waals surface area contributed by atoms with E-state index in [0.717, 1.165) is 41.0 Å². The Labute approximate surface area is 125 Å². The van der Waals surface area contributed by atoms with E-state index in [1.807, 2.05) is 38.2 Å². The number of hydrogen-bond donors (Lipinski definition) is 1. The number of hydrogen-bond acceptors (Lipinski definition) is 3. The fraction of sp³-hybridized carbons (Fsp3) is 0.389. The lowest BCUT2D eigenvalue weighted by atomic mass is 9.95. The first-order valence-corrected chi connectivity index (χ1v) is 7.36. The van der Waals surface area contributed by atoms with Crippen molar-refractivity contribution in [3.05, 3.63) is 58.4 Å². The molecule has 0 saturated heterocycles. The van der Waals surface area contributed by atoms with Crippen molar-refractivity contribution in [3.8, 4) is 5.75 Å². The quantitative estimate of drug-likeness (QED) is 0.941. The Hall–Kier alpha value is -1.87.